The van der Waals surface area contributed by atoms with E-state index in [-0.39, 0.29) is 0 Å². The molecule has 0 aliphatic rings. The van der Waals surface area contributed by atoms with Gasteiger partial charge in [0, 0.05) is 6.04 Å². The molecule has 1 unspecified atom stereocenters. The van der Waals surface area contributed by atoms with Crippen LogP contribution in [0.25, 0.3) is 0 Å². The van der Waals surface area contributed by atoms with Crippen molar-refractivity contribution in [1.82, 2.24) is 10.7 Å². The number of nitrogens with two attached hydrogens (primary N) is 1. The van der Waals surface area contributed by atoms with Gasteiger partial charge in [-0.2, -0.15) is 0 Å². The number of hydrogen-bond acceptors (Lipinski definition) is 2. The minimum absolute atomic E-state index is 0.417. The quantitative estimate of drug-likeness (QED) is 0.266. The number of thiocarbonyl (C=S) groups is 1. The SMILES string of the molecule is CCCCCCC(C)NC(=S)NN. The number of nitrogens with one attached hydrogen (secondary N) is 2. The molecule has 78 valence electrons. The fourth-order valence-corrected chi connectivity index (χ4v) is 1.42. The van der Waals surface area contributed by atoms with E-state index in [2.05, 4.69) is 24.6 Å². The molecule has 0 aromatic heterocycles. The summed E-state index contributed by atoms with van der Waals surface area (Å²) in [6.45, 7) is 4.34. The van der Waals surface area contributed by atoms with E-state index in [1.54, 1.807) is 0 Å². The molecule has 0 saturated carbocycles. The van der Waals surface area contributed by atoms with Crippen molar-refractivity contribution in [2.45, 2.75) is 52.0 Å². The summed E-state index contributed by atoms with van der Waals surface area (Å²) in [6.07, 6.45) is 6.33. The molecule has 0 radical (unpaired) electrons. The lowest BCUT2D eigenvalue weighted by Crippen LogP contribution is -2.43. The van der Waals surface area contributed by atoms with Crippen LogP contribution in [0.4, 0.5) is 0 Å². The first-order valence-corrected chi connectivity index (χ1v) is 5.38. The summed E-state index contributed by atoms with van der Waals surface area (Å²) in [5, 5.41) is 3.63. The lowest BCUT2D eigenvalue weighted by Gasteiger charge is -2.14. The number of rotatable bonds is 6. The zero-order valence-corrected chi connectivity index (χ0v) is 9.41. The molecule has 0 spiro atoms. The van der Waals surface area contributed by atoms with Gasteiger partial charge in [-0.3, -0.25) is 0 Å². The highest BCUT2D eigenvalue weighted by molar-refractivity contribution is 7.80. The lowest BCUT2D eigenvalue weighted by molar-refractivity contribution is 0.541. The van der Waals surface area contributed by atoms with E-state index in [0.717, 1.165) is 6.42 Å². The van der Waals surface area contributed by atoms with Crippen LogP contribution < -0.4 is 16.6 Å². The molecule has 0 fully saturated rings. The van der Waals surface area contributed by atoms with Gasteiger partial charge >= 0.3 is 0 Å². The molecule has 0 aliphatic heterocycles. The smallest absolute Gasteiger partial charge is 0.180 e. The van der Waals surface area contributed by atoms with Gasteiger partial charge in [0.15, 0.2) is 5.11 Å². The van der Waals surface area contributed by atoms with E-state index in [4.69, 9.17) is 18.1 Å². The summed E-state index contributed by atoms with van der Waals surface area (Å²) in [5.41, 5.74) is 2.42. The zero-order chi connectivity index (χ0) is 10.1. The van der Waals surface area contributed by atoms with Crippen LogP contribution in [-0.2, 0) is 0 Å². The molecule has 0 aromatic rings. The van der Waals surface area contributed by atoms with Crippen LogP contribution in [0.15, 0.2) is 0 Å². The van der Waals surface area contributed by atoms with Crippen LogP contribution in [0.5, 0.6) is 0 Å². The zero-order valence-electron chi connectivity index (χ0n) is 8.60. The van der Waals surface area contributed by atoms with Crippen LogP contribution in [-0.4, -0.2) is 11.2 Å². The summed E-state index contributed by atoms with van der Waals surface area (Å²) in [4.78, 5) is 0. The van der Waals surface area contributed by atoms with Gasteiger partial charge in [0.05, 0.1) is 0 Å². The van der Waals surface area contributed by atoms with Crippen molar-refractivity contribution in [3.8, 4) is 0 Å². The van der Waals surface area contributed by atoms with Crippen LogP contribution in [0.3, 0.4) is 0 Å². The maximum Gasteiger partial charge on any atom is 0.180 e. The normalized spacial score (nSPS) is 12.2. The van der Waals surface area contributed by atoms with Crippen LogP contribution >= 0.6 is 12.2 Å². The first-order valence-electron chi connectivity index (χ1n) is 4.97. The summed E-state index contributed by atoms with van der Waals surface area (Å²) >= 11 is 4.89. The van der Waals surface area contributed by atoms with Crippen LogP contribution in [0.1, 0.15) is 46.0 Å². The van der Waals surface area contributed by atoms with Crippen molar-refractivity contribution >= 4 is 17.3 Å². The minimum Gasteiger partial charge on any atom is -0.359 e. The summed E-state index contributed by atoms with van der Waals surface area (Å²) in [5.74, 6) is 5.14. The molecule has 0 bridgehead atoms. The van der Waals surface area contributed by atoms with Crippen molar-refractivity contribution in [2.24, 2.45) is 5.84 Å². The Morgan fingerprint density at radius 3 is 2.62 bits per heavy atom. The second kappa shape index (κ2) is 8.26. The van der Waals surface area contributed by atoms with Gasteiger partial charge in [0.1, 0.15) is 0 Å². The number of hydrazine groups is 1. The van der Waals surface area contributed by atoms with Gasteiger partial charge in [0.25, 0.3) is 0 Å². The molecule has 1 atom stereocenters. The molecule has 0 amide bonds. The molecule has 3 nitrogen and oxygen atoms in total. The Morgan fingerprint density at radius 1 is 1.38 bits per heavy atom. The maximum absolute atomic E-state index is 5.14. The molecule has 4 heteroatoms. The molecule has 0 rings (SSSR count). The van der Waals surface area contributed by atoms with E-state index < -0.39 is 0 Å². The maximum atomic E-state index is 5.14. The Balaban J connectivity index is 3.29. The molecule has 4 N–H and O–H groups in total. The fraction of sp³-hybridized carbons (Fsp3) is 0.889. The molecular formula is C9H21N3S. The third-order valence-electron chi connectivity index (χ3n) is 2.00. The highest BCUT2D eigenvalue weighted by Gasteiger charge is 2.01. The fourth-order valence-electron chi connectivity index (χ4n) is 1.21. The Kier molecular flexibility index (Phi) is 8.04. The molecule has 0 saturated heterocycles. The third-order valence-corrected chi connectivity index (χ3v) is 2.23. The van der Waals surface area contributed by atoms with Crippen LogP contribution in [0.2, 0.25) is 0 Å². The third kappa shape index (κ3) is 7.99. The van der Waals surface area contributed by atoms with E-state index in [1.165, 1.54) is 25.7 Å². The molecule has 0 aromatic carbocycles. The largest absolute Gasteiger partial charge is 0.359 e. The van der Waals surface area contributed by atoms with Gasteiger partial charge in [-0.1, -0.05) is 32.6 Å². The second-order valence-corrected chi connectivity index (χ2v) is 3.78. The average molecular weight is 203 g/mol. The predicted molar refractivity (Wildman–Crippen MR) is 61.3 cm³/mol. The van der Waals surface area contributed by atoms with E-state index in [9.17, 15) is 0 Å². The molecule has 13 heavy (non-hydrogen) atoms. The van der Waals surface area contributed by atoms with Gasteiger partial charge < -0.3 is 10.7 Å². The summed E-state index contributed by atoms with van der Waals surface area (Å²) in [6, 6.07) is 0.417. The Morgan fingerprint density at radius 2 is 2.08 bits per heavy atom. The summed E-state index contributed by atoms with van der Waals surface area (Å²) < 4.78 is 0. The van der Waals surface area contributed by atoms with Crippen molar-refractivity contribution in [1.29, 1.82) is 0 Å². The van der Waals surface area contributed by atoms with Crippen molar-refractivity contribution in [2.75, 3.05) is 0 Å². The highest BCUT2D eigenvalue weighted by atomic mass is 32.1. The Hall–Kier alpha value is -0.350. The van der Waals surface area contributed by atoms with E-state index >= 15 is 0 Å². The first-order chi connectivity index (χ1) is 6.20. The Labute approximate surface area is 86.4 Å². The highest BCUT2D eigenvalue weighted by Crippen LogP contribution is 2.04. The Bertz CT molecular complexity index is 139. The predicted octanol–water partition coefficient (Wildman–Crippen LogP) is 1.68. The van der Waals surface area contributed by atoms with Gasteiger partial charge in [-0.15, -0.1) is 0 Å². The first kappa shape index (κ1) is 12.7. The van der Waals surface area contributed by atoms with Crippen molar-refractivity contribution in [3.05, 3.63) is 0 Å². The molecule has 0 aliphatic carbocycles. The van der Waals surface area contributed by atoms with Crippen LogP contribution in [0, 0.1) is 0 Å². The average Bonchev–Trinajstić information content (AvgIpc) is 2.12. The van der Waals surface area contributed by atoms with Crippen molar-refractivity contribution < 1.29 is 0 Å². The second-order valence-electron chi connectivity index (χ2n) is 3.37. The monoisotopic (exact) mass is 203 g/mol. The topological polar surface area (TPSA) is 50.1 Å². The molecular weight excluding hydrogens is 182 g/mol. The van der Waals surface area contributed by atoms with E-state index in [1.807, 2.05) is 0 Å². The number of hydrogen-bond donors (Lipinski definition) is 3. The van der Waals surface area contributed by atoms with Gasteiger partial charge in [0.2, 0.25) is 0 Å². The van der Waals surface area contributed by atoms with E-state index in [0.29, 0.717) is 11.2 Å². The number of unbranched alkanes of at least 4 members (excludes halogenated alkanes) is 3. The van der Waals surface area contributed by atoms with Crippen molar-refractivity contribution in [3.63, 3.8) is 0 Å². The minimum atomic E-state index is 0.417. The molecule has 0 heterocycles. The van der Waals surface area contributed by atoms with Gasteiger partial charge in [-0.05, 0) is 25.6 Å². The van der Waals surface area contributed by atoms with Gasteiger partial charge in [-0.25, -0.2) is 5.84 Å². The summed E-state index contributed by atoms with van der Waals surface area (Å²) in [7, 11) is 0. The standard InChI is InChI=1S/C9H21N3S/c1-3-4-5-6-7-8(2)11-9(13)12-10/h8H,3-7,10H2,1-2H3,(H2,11,12,13). The lowest BCUT2D eigenvalue weighted by atomic mass is 10.1.